The van der Waals surface area contributed by atoms with E-state index in [4.69, 9.17) is 11.6 Å². The molecule has 4 nitrogen and oxygen atoms in total. The Morgan fingerprint density at radius 1 is 1.35 bits per heavy atom. The molecule has 86 valence electrons. The molecule has 1 aromatic heterocycles. The number of nitrogens with one attached hydrogen (secondary N) is 1. The number of aromatic nitrogens is 2. The minimum Gasteiger partial charge on any atom is -0.305 e. The first-order valence-corrected chi connectivity index (χ1v) is 5.38. The summed E-state index contributed by atoms with van der Waals surface area (Å²) in [6, 6.07) is 5.17. The van der Waals surface area contributed by atoms with Crippen molar-refractivity contribution in [2.24, 2.45) is 0 Å². The van der Waals surface area contributed by atoms with Crippen LogP contribution in [0.15, 0.2) is 36.8 Å². The van der Waals surface area contributed by atoms with Crippen molar-refractivity contribution in [3.05, 3.63) is 52.9 Å². The van der Waals surface area contributed by atoms with Gasteiger partial charge < -0.3 is 5.32 Å². The number of rotatable bonds is 2. The molecule has 0 spiro atoms. The number of carbonyl (C=O) groups excluding carboxylic acids is 1. The van der Waals surface area contributed by atoms with E-state index in [2.05, 4.69) is 15.3 Å². The minimum atomic E-state index is -0.245. The highest BCUT2D eigenvalue weighted by molar-refractivity contribution is 6.31. The topological polar surface area (TPSA) is 54.9 Å². The van der Waals surface area contributed by atoms with Crippen molar-refractivity contribution in [2.45, 2.75) is 6.92 Å². The van der Waals surface area contributed by atoms with E-state index < -0.39 is 0 Å². The number of hydrogen-bond donors (Lipinski definition) is 1. The molecule has 0 saturated heterocycles. The molecule has 2 rings (SSSR count). The molecule has 0 bridgehead atoms. The van der Waals surface area contributed by atoms with Crippen LogP contribution in [0.25, 0.3) is 0 Å². The second-order valence-corrected chi connectivity index (χ2v) is 3.94. The van der Waals surface area contributed by atoms with Crippen LogP contribution in [0.3, 0.4) is 0 Å². The van der Waals surface area contributed by atoms with Gasteiger partial charge >= 0.3 is 0 Å². The van der Waals surface area contributed by atoms with Crippen molar-refractivity contribution in [1.29, 1.82) is 0 Å². The van der Waals surface area contributed by atoms with Crippen LogP contribution >= 0.6 is 11.6 Å². The Labute approximate surface area is 104 Å². The molecule has 17 heavy (non-hydrogen) atoms. The summed E-state index contributed by atoms with van der Waals surface area (Å²) < 4.78 is 0. The first-order valence-electron chi connectivity index (χ1n) is 5.00. The molecule has 0 atom stereocenters. The molecule has 1 N–H and O–H groups in total. The molecular weight excluding hydrogens is 238 g/mol. The Bertz CT molecular complexity index is 543. The second kappa shape index (κ2) is 4.93. The Morgan fingerprint density at radius 3 is 2.88 bits per heavy atom. The van der Waals surface area contributed by atoms with Gasteiger partial charge in [0.2, 0.25) is 0 Å². The molecule has 5 heteroatoms. The summed E-state index contributed by atoms with van der Waals surface area (Å²) in [6.07, 6.45) is 4.54. The Morgan fingerprint density at radius 2 is 2.18 bits per heavy atom. The fourth-order valence-corrected chi connectivity index (χ4v) is 1.56. The van der Waals surface area contributed by atoms with Gasteiger partial charge in [-0.25, -0.2) is 4.98 Å². The van der Waals surface area contributed by atoms with Crippen LogP contribution in [0.4, 0.5) is 5.82 Å². The lowest BCUT2D eigenvalue weighted by Crippen LogP contribution is -2.14. The number of amides is 1. The molecule has 1 amide bonds. The average Bonchev–Trinajstić information content (AvgIpc) is 2.33. The first-order chi connectivity index (χ1) is 8.16. The fraction of sp³-hybridized carbons (Fsp3) is 0.0833. The fourth-order valence-electron chi connectivity index (χ4n) is 1.39. The average molecular weight is 248 g/mol. The molecule has 0 fully saturated rings. The SMILES string of the molecule is Cc1ccc(Cl)cc1C(=O)Nc1cnccn1. The van der Waals surface area contributed by atoms with Crippen molar-refractivity contribution in [3.63, 3.8) is 0 Å². The zero-order valence-electron chi connectivity index (χ0n) is 9.14. The molecule has 0 unspecified atom stereocenters. The van der Waals surface area contributed by atoms with Gasteiger partial charge in [-0.3, -0.25) is 9.78 Å². The summed E-state index contributed by atoms with van der Waals surface area (Å²) in [5.41, 5.74) is 1.39. The number of halogens is 1. The molecule has 0 aliphatic rings. The largest absolute Gasteiger partial charge is 0.305 e. The second-order valence-electron chi connectivity index (χ2n) is 3.50. The standard InChI is InChI=1S/C12H10ClN3O/c1-8-2-3-9(13)6-10(8)12(17)16-11-7-14-4-5-15-11/h2-7H,1H3,(H,15,16,17). The van der Waals surface area contributed by atoms with Gasteiger partial charge in [0.15, 0.2) is 5.82 Å². The van der Waals surface area contributed by atoms with E-state index in [0.29, 0.717) is 16.4 Å². The van der Waals surface area contributed by atoms with Gasteiger partial charge in [0.05, 0.1) is 6.20 Å². The van der Waals surface area contributed by atoms with E-state index in [1.165, 1.54) is 12.4 Å². The number of benzene rings is 1. The van der Waals surface area contributed by atoms with Gasteiger partial charge in [-0.1, -0.05) is 17.7 Å². The van der Waals surface area contributed by atoms with Crippen molar-refractivity contribution in [2.75, 3.05) is 5.32 Å². The summed E-state index contributed by atoms with van der Waals surface area (Å²) in [4.78, 5) is 19.8. The third-order valence-corrected chi connectivity index (χ3v) is 2.48. The van der Waals surface area contributed by atoms with E-state index in [1.54, 1.807) is 24.4 Å². The van der Waals surface area contributed by atoms with Gasteiger partial charge in [0.25, 0.3) is 5.91 Å². The van der Waals surface area contributed by atoms with E-state index in [0.717, 1.165) is 5.56 Å². The lowest BCUT2D eigenvalue weighted by Gasteiger charge is -2.06. The Balaban J connectivity index is 2.23. The predicted molar refractivity (Wildman–Crippen MR) is 66.2 cm³/mol. The number of hydrogen-bond acceptors (Lipinski definition) is 3. The predicted octanol–water partition coefficient (Wildman–Crippen LogP) is 2.69. The lowest BCUT2D eigenvalue weighted by molar-refractivity contribution is 0.102. The lowest BCUT2D eigenvalue weighted by atomic mass is 10.1. The highest BCUT2D eigenvalue weighted by Gasteiger charge is 2.10. The summed E-state index contributed by atoms with van der Waals surface area (Å²) >= 11 is 5.86. The molecule has 1 aromatic carbocycles. The van der Waals surface area contributed by atoms with E-state index in [9.17, 15) is 4.79 Å². The third kappa shape index (κ3) is 2.79. The zero-order chi connectivity index (χ0) is 12.3. The van der Waals surface area contributed by atoms with E-state index >= 15 is 0 Å². The normalized spacial score (nSPS) is 10.0. The molecule has 0 radical (unpaired) electrons. The van der Waals surface area contributed by atoms with Gasteiger partial charge in [0.1, 0.15) is 0 Å². The zero-order valence-corrected chi connectivity index (χ0v) is 9.90. The molecule has 0 saturated carbocycles. The molecule has 2 aromatic rings. The summed E-state index contributed by atoms with van der Waals surface area (Å²) in [6.45, 7) is 1.85. The minimum absolute atomic E-state index is 0.245. The summed E-state index contributed by atoms with van der Waals surface area (Å²) in [5, 5.41) is 3.18. The van der Waals surface area contributed by atoms with Crippen LogP contribution in [-0.4, -0.2) is 15.9 Å². The molecule has 1 heterocycles. The Hall–Kier alpha value is -1.94. The number of carbonyl (C=O) groups is 1. The van der Waals surface area contributed by atoms with Crippen molar-refractivity contribution in [1.82, 2.24) is 9.97 Å². The monoisotopic (exact) mass is 247 g/mol. The molecule has 0 aliphatic carbocycles. The number of nitrogens with zero attached hydrogens (tertiary/aromatic N) is 2. The maximum atomic E-state index is 11.9. The van der Waals surface area contributed by atoms with Crippen LogP contribution in [0.5, 0.6) is 0 Å². The quantitative estimate of drug-likeness (QED) is 0.888. The van der Waals surface area contributed by atoms with Gasteiger partial charge in [-0.05, 0) is 24.6 Å². The number of anilines is 1. The highest BCUT2D eigenvalue weighted by atomic mass is 35.5. The third-order valence-electron chi connectivity index (χ3n) is 2.25. The maximum absolute atomic E-state index is 11.9. The van der Waals surface area contributed by atoms with Crippen LogP contribution in [0.1, 0.15) is 15.9 Å². The Kier molecular flexibility index (Phi) is 3.35. The summed E-state index contributed by atoms with van der Waals surface area (Å²) in [5.74, 6) is 0.169. The van der Waals surface area contributed by atoms with Gasteiger partial charge in [-0.15, -0.1) is 0 Å². The molecule has 0 aliphatic heterocycles. The smallest absolute Gasteiger partial charge is 0.257 e. The van der Waals surface area contributed by atoms with Gasteiger partial charge in [0, 0.05) is 23.0 Å². The van der Waals surface area contributed by atoms with Crippen LogP contribution in [0.2, 0.25) is 5.02 Å². The van der Waals surface area contributed by atoms with Crippen LogP contribution in [-0.2, 0) is 0 Å². The summed E-state index contributed by atoms with van der Waals surface area (Å²) in [7, 11) is 0. The van der Waals surface area contributed by atoms with Crippen molar-refractivity contribution in [3.8, 4) is 0 Å². The highest BCUT2D eigenvalue weighted by Crippen LogP contribution is 2.16. The van der Waals surface area contributed by atoms with Crippen LogP contribution < -0.4 is 5.32 Å². The number of aryl methyl sites for hydroxylation is 1. The van der Waals surface area contributed by atoms with Crippen molar-refractivity contribution >= 4 is 23.3 Å². The maximum Gasteiger partial charge on any atom is 0.257 e. The van der Waals surface area contributed by atoms with E-state index in [-0.39, 0.29) is 5.91 Å². The van der Waals surface area contributed by atoms with Crippen LogP contribution in [0, 0.1) is 6.92 Å². The van der Waals surface area contributed by atoms with Gasteiger partial charge in [-0.2, -0.15) is 0 Å². The molecular formula is C12H10ClN3O. The van der Waals surface area contributed by atoms with E-state index in [1.807, 2.05) is 6.92 Å². The van der Waals surface area contributed by atoms with Crippen molar-refractivity contribution < 1.29 is 4.79 Å². The first kappa shape index (κ1) is 11.5.